The van der Waals surface area contributed by atoms with Crippen LogP contribution in [0.3, 0.4) is 0 Å². The minimum absolute atomic E-state index is 0.250. The lowest BCUT2D eigenvalue weighted by atomic mass is 10.4. The van der Waals surface area contributed by atoms with E-state index in [0.29, 0.717) is 5.57 Å². The molecule has 0 aromatic carbocycles. The largest absolute Gasteiger partial charge is 0.251 e. The van der Waals surface area contributed by atoms with Gasteiger partial charge in [0, 0.05) is 0 Å². The summed E-state index contributed by atoms with van der Waals surface area (Å²) in [6.45, 7) is 5.77. The van der Waals surface area contributed by atoms with Gasteiger partial charge in [0.2, 0.25) is 0 Å². The van der Waals surface area contributed by atoms with Gasteiger partial charge < -0.3 is 0 Å². The fraction of sp³-hybridized carbons (Fsp3) is 0.667. The summed E-state index contributed by atoms with van der Waals surface area (Å²) in [5.41, 5.74) is 0.588. The molecule has 0 aliphatic heterocycles. The van der Waals surface area contributed by atoms with Crippen LogP contribution in [0.1, 0.15) is 13.8 Å². The summed E-state index contributed by atoms with van der Waals surface area (Å²) in [4.78, 5) is 0. The summed E-state index contributed by atoms with van der Waals surface area (Å²) in [5, 5.41) is 0. The van der Waals surface area contributed by atoms with Gasteiger partial charge >= 0.3 is 0 Å². The summed E-state index contributed by atoms with van der Waals surface area (Å²) in [7, 11) is 0. The molecule has 50 valence electrons. The molecular formula is C6H12F2. The SMILES string of the molecule is C=C(C)CF.CCF. The molecule has 0 spiro atoms. The van der Waals surface area contributed by atoms with Crippen LogP contribution in [0, 0.1) is 0 Å². The van der Waals surface area contributed by atoms with Gasteiger partial charge in [-0.3, -0.25) is 4.39 Å². The van der Waals surface area contributed by atoms with E-state index in [4.69, 9.17) is 0 Å². The Kier molecular flexibility index (Phi) is 12.9. The summed E-state index contributed by atoms with van der Waals surface area (Å²) in [5.74, 6) is 0. The number of halogens is 2. The first-order chi connectivity index (χ1) is 3.68. The maximum absolute atomic E-state index is 11.0. The van der Waals surface area contributed by atoms with Crippen LogP contribution >= 0.6 is 0 Å². The number of alkyl halides is 2. The molecule has 0 radical (unpaired) electrons. The average Bonchev–Trinajstić information content (AvgIpc) is 1.69. The summed E-state index contributed by atoms with van der Waals surface area (Å²) in [6, 6.07) is 0. The van der Waals surface area contributed by atoms with Crippen LogP contribution in [0.2, 0.25) is 0 Å². The van der Waals surface area contributed by atoms with Crippen molar-refractivity contribution in [3.05, 3.63) is 12.2 Å². The van der Waals surface area contributed by atoms with Gasteiger partial charge in [0.15, 0.2) is 0 Å². The van der Waals surface area contributed by atoms with Gasteiger partial charge in [0.1, 0.15) is 6.67 Å². The van der Waals surface area contributed by atoms with E-state index in [9.17, 15) is 8.78 Å². The molecule has 0 N–H and O–H groups in total. The normalized spacial score (nSPS) is 7.00. The van der Waals surface area contributed by atoms with Crippen molar-refractivity contribution in [3.8, 4) is 0 Å². The van der Waals surface area contributed by atoms with Crippen molar-refractivity contribution in [1.29, 1.82) is 0 Å². The Labute approximate surface area is 49.2 Å². The van der Waals surface area contributed by atoms with E-state index in [1.54, 1.807) is 6.92 Å². The molecule has 0 aliphatic rings. The summed E-state index contributed by atoms with van der Waals surface area (Å²) >= 11 is 0. The fourth-order valence-corrected chi connectivity index (χ4v) is 0. The van der Waals surface area contributed by atoms with Gasteiger partial charge in [-0.25, -0.2) is 4.39 Å². The van der Waals surface area contributed by atoms with Crippen molar-refractivity contribution in [2.45, 2.75) is 13.8 Å². The average molecular weight is 122 g/mol. The topological polar surface area (TPSA) is 0 Å². The van der Waals surface area contributed by atoms with E-state index in [1.165, 1.54) is 6.92 Å². The third kappa shape index (κ3) is 46.3. The monoisotopic (exact) mass is 122 g/mol. The molecule has 0 fully saturated rings. The molecule has 0 nitrogen and oxygen atoms in total. The molecule has 0 bridgehead atoms. The first-order valence-corrected chi connectivity index (χ1v) is 2.45. The first kappa shape index (κ1) is 10.6. The van der Waals surface area contributed by atoms with E-state index in [0.717, 1.165) is 0 Å². The maximum Gasteiger partial charge on any atom is 0.110 e. The van der Waals surface area contributed by atoms with E-state index in [-0.39, 0.29) is 13.3 Å². The zero-order chi connectivity index (χ0) is 6.99. The smallest absolute Gasteiger partial charge is 0.110 e. The number of rotatable bonds is 1. The maximum atomic E-state index is 11.0. The Morgan fingerprint density at radius 2 is 1.62 bits per heavy atom. The second-order valence-corrected chi connectivity index (χ2v) is 1.36. The third-order valence-electron chi connectivity index (χ3n) is 0.228. The predicted octanol–water partition coefficient (Wildman–Crippen LogP) is 2.51. The zero-order valence-corrected chi connectivity index (χ0v) is 5.38. The molecular weight excluding hydrogens is 110 g/mol. The minimum Gasteiger partial charge on any atom is -0.251 e. The van der Waals surface area contributed by atoms with Crippen molar-refractivity contribution < 1.29 is 8.78 Å². The highest BCUT2D eigenvalue weighted by Crippen LogP contribution is 1.82. The Hall–Kier alpha value is -0.400. The molecule has 0 unspecified atom stereocenters. The van der Waals surface area contributed by atoms with Crippen LogP contribution in [-0.4, -0.2) is 13.3 Å². The number of hydrogen-bond donors (Lipinski definition) is 0. The Balaban J connectivity index is 0. The lowest BCUT2D eigenvalue weighted by Gasteiger charge is -1.76. The van der Waals surface area contributed by atoms with Crippen LogP contribution in [0.5, 0.6) is 0 Å². The second-order valence-electron chi connectivity index (χ2n) is 1.36. The van der Waals surface area contributed by atoms with Crippen LogP contribution in [0.25, 0.3) is 0 Å². The van der Waals surface area contributed by atoms with Crippen molar-refractivity contribution in [3.63, 3.8) is 0 Å². The molecule has 0 saturated heterocycles. The van der Waals surface area contributed by atoms with Gasteiger partial charge in [0.05, 0.1) is 6.67 Å². The van der Waals surface area contributed by atoms with Crippen LogP contribution in [-0.2, 0) is 0 Å². The molecule has 8 heavy (non-hydrogen) atoms. The Morgan fingerprint density at radius 1 is 1.50 bits per heavy atom. The molecule has 0 saturated carbocycles. The second kappa shape index (κ2) is 9.78. The van der Waals surface area contributed by atoms with Gasteiger partial charge in [-0.05, 0) is 19.4 Å². The molecule has 0 aromatic rings. The molecule has 0 amide bonds. The highest BCUT2D eigenvalue weighted by molar-refractivity contribution is 4.86. The Bertz CT molecular complexity index is 50.5. The molecule has 0 rings (SSSR count). The predicted molar refractivity (Wildman–Crippen MR) is 32.4 cm³/mol. The summed E-state index contributed by atoms with van der Waals surface area (Å²) in [6.07, 6.45) is 0. The quantitative estimate of drug-likeness (QED) is 0.469. The van der Waals surface area contributed by atoms with Gasteiger partial charge in [-0.1, -0.05) is 6.58 Å². The van der Waals surface area contributed by atoms with E-state index in [2.05, 4.69) is 6.58 Å². The molecule has 0 atom stereocenters. The van der Waals surface area contributed by atoms with Crippen molar-refractivity contribution in [2.24, 2.45) is 0 Å². The lowest BCUT2D eigenvalue weighted by molar-refractivity contribution is 0.527. The van der Waals surface area contributed by atoms with Crippen LogP contribution in [0.15, 0.2) is 12.2 Å². The van der Waals surface area contributed by atoms with Gasteiger partial charge in [-0.15, -0.1) is 0 Å². The zero-order valence-electron chi connectivity index (χ0n) is 5.38. The highest BCUT2D eigenvalue weighted by atomic mass is 19.1. The van der Waals surface area contributed by atoms with Crippen LogP contribution in [0.4, 0.5) is 8.78 Å². The van der Waals surface area contributed by atoms with Crippen molar-refractivity contribution >= 4 is 0 Å². The van der Waals surface area contributed by atoms with Crippen molar-refractivity contribution in [2.75, 3.05) is 13.3 Å². The Morgan fingerprint density at radius 3 is 1.62 bits per heavy atom. The molecule has 2 heteroatoms. The summed E-state index contributed by atoms with van der Waals surface area (Å²) < 4.78 is 21.3. The molecule has 0 aromatic heterocycles. The molecule has 0 heterocycles. The number of hydrogen-bond acceptors (Lipinski definition) is 0. The van der Waals surface area contributed by atoms with E-state index in [1.807, 2.05) is 0 Å². The minimum atomic E-state index is -0.389. The fourth-order valence-electron chi connectivity index (χ4n) is 0. The lowest BCUT2D eigenvalue weighted by Crippen LogP contribution is -1.67. The van der Waals surface area contributed by atoms with E-state index < -0.39 is 0 Å². The standard InChI is InChI=1S/C4H7F.C2H5F/c1-4(2)3-5;1-2-3/h1,3H2,2H3;2H2,1H3. The highest BCUT2D eigenvalue weighted by Gasteiger charge is 1.71. The van der Waals surface area contributed by atoms with Gasteiger partial charge in [-0.2, -0.15) is 0 Å². The van der Waals surface area contributed by atoms with Crippen LogP contribution < -0.4 is 0 Å². The van der Waals surface area contributed by atoms with E-state index >= 15 is 0 Å². The van der Waals surface area contributed by atoms with Gasteiger partial charge in [0.25, 0.3) is 0 Å². The first-order valence-electron chi connectivity index (χ1n) is 2.45. The number of allylic oxidation sites excluding steroid dienone is 1. The third-order valence-corrected chi connectivity index (χ3v) is 0.228. The molecule has 0 aliphatic carbocycles. The van der Waals surface area contributed by atoms with Crippen molar-refractivity contribution in [1.82, 2.24) is 0 Å².